The number of nitrogens with zero attached hydrogens (tertiary/aromatic N) is 3. The van der Waals surface area contributed by atoms with Crippen molar-refractivity contribution in [2.45, 2.75) is 13.0 Å². The van der Waals surface area contributed by atoms with Crippen LogP contribution in [0, 0.1) is 0 Å². The van der Waals surface area contributed by atoms with Crippen LogP contribution in [0.2, 0.25) is 0 Å². The Kier molecular flexibility index (Phi) is 5.93. The molecule has 1 aliphatic rings. The van der Waals surface area contributed by atoms with E-state index in [4.69, 9.17) is 14.0 Å². The van der Waals surface area contributed by atoms with E-state index in [1.165, 1.54) is 0 Å². The minimum atomic E-state index is -0.521. The molecule has 8 nitrogen and oxygen atoms in total. The SMILES string of the molecule is C=CCN1C(=O)NC(c2ccc(OC)c(OC)c2)C(c2nc(-c3ccccc3)no2)=C1C. The number of hydrogen-bond acceptors (Lipinski definition) is 6. The fourth-order valence-electron chi connectivity index (χ4n) is 3.73. The van der Waals surface area contributed by atoms with E-state index >= 15 is 0 Å². The third-order valence-electron chi connectivity index (χ3n) is 5.34. The summed E-state index contributed by atoms with van der Waals surface area (Å²) < 4.78 is 16.5. The van der Waals surface area contributed by atoms with E-state index in [1.807, 2.05) is 49.4 Å². The van der Waals surface area contributed by atoms with Crippen molar-refractivity contribution in [1.29, 1.82) is 0 Å². The van der Waals surface area contributed by atoms with Crippen LogP contribution >= 0.6 is 0 Å². The van der Waals surface area contributed by atoms with Gasteiger partial charge in [-0.25, -0.2) is 4.79 Å². The molecule has 0 saturated heterocycles. The van der Waals surface area contributed by atoms with Gasteiger partial charge in [-0.3, -0.25) is 4.90 Å². The number of amides is 2. The van der Waals surface area contributed by atoms with Gasteiger partial charge >= 0.3 is 6.03 Å². The lowest BCUT2D eigenvalue weighted by Crippen LogP contribution is -2.46. The number of nitrogens with one attached hydrogen (secondary N) is 1. The van der Waals surface area contributed by atoms with Crippen LogP contribution in [0.25, 0.3) is 17.0 Å². The van der Waals surface area contributed by atoms with Gasteiger partial charge in [0.2, 0.25) is 5.82 Å². The smallest absolute Gasteiger partial charge is 0.322 e. The molecule has 0 bridgehead atoms. The van der Waals surface area contributed by atoms with Crippen LogP contribution < -0.4 is 14.8 Å². The van der Waals surface area contributed by atoms with Crippen molar-refractivity contribution in [2.75, 3.05) is 20.8 Å². The molecule has 164 valence electrons. The molecule has 3 aromatic rings. The number of methoxy groups -OCH3 is 2. The predicted molar refractivity (Wildman–Crippen MR) is 120 cm³/mol. The lowest BCUT2D eigenvalue weighted by atomic mass is 9.94. The summed E-state index contributed by atoms with van der Waals surface area (Å²) in [6.45, 7) is 5.96. The number of urea groups is 1. The van der Waals surface area contributed by atoms with Crippen molar-refractivity contribution in [3.63, 3.8) is 0 Å². The quantitative estimate of drug-likeness (QED) is 0.555. The summed E-state index contributed by atoms with van der Waals surface area (Å²) in [6.07, 6.45) is 1.67. The number of aromatic nitrogens is 2. The third kappa shape index (κ3) is 3.82. The molecule has 8 heteroatoms. The number of rotatable bonds is 7. The third-order valence-corrected chi connectivity index (χ3v) is 5.34. The van der Waals surface area contributed by atoms with Crippen LogP contribution in [0.5, 0.6) is 11.5 Å². The molecule has 0 saturated carbocycles. The van der Waals surface area contributed by atoms with Crippen LogP contribution in [-0.4, -0.2) is 41.8 Å². The second-order valence-corrected chi connectivity index (χ2v) is 7.18. The fourth-order valence-corrected chi connectivity index (χ4v) is 3.73. The lowest BCUT2D eigenvalue weighted by Gasteiger charge is -2.34. The zero-order chi connectivity index (χ0) is 22.7. The molecule has 2 aromatic carbocycles. The summed E-state index contributed by atoms with van der Waals surface area (Å²) in [4.78, 5) is 19.1. The minimum Gasteiger partial charge on any atom is -0.493 e. The normalized spacial score (nSPS) is 16.0. The largest absolute Gasteiger partial charge is 0.493 e. The topological polar surface area (TPSA) is 89.7 Å². The molecular formula is C24H24N4O4. The Morgan fingerprint density at radius 3 is 2.59 bits per heavy atom. The van der Waals surface area contributed by atoms with Gasteiger partial charge < -0.3 is 19.3 Å². The molecule has 0 aliphatic carbocycles. The van der Waals surface area contributed by atoms with Crippen molar-refractivity contribution in [3.05, 3.63) is 78.3 Å². The number of benzene rings is 2. The van der Waals surface area contributed by atoms with Gasteiger partial charge in [0.1, 0.15) is 0 Å². The average molecular weight is 432 g/mol. The van der Waals surface area contributed by atoms with Gasteiger partial charge in [0.05, 0.1) is 25.8 Å². The molecule has 0 radical (unpaired) electrons. The standard InChI is InChI=1S/C24H24N4O4/c1-5-13-28-15(2)20(23-26-22(27-32-23)16-9-7-6-8-10-16)21(25-24(28)29)17-11-12-18(30-3)19(14-17)31-4/h5-12,14,21H,1,13H2,2-4H3,(H,25,29). The van der Waals surface area contributed by atoms with Gasteiger partial charge in [0, 0.05) is 17.8 Å². The van der Waals surface area contributed by atoms with Gasteiger partial charge in [0.25, 0.3) is 5.89 Å². The highest BCUT2D eigenvalue weighted by molar-refractivity contribution is 5.87. The molecule has 4 rings (SSSR count). The van der Waals surface area contributed by atoms with Crippen LogP contribution in [0.4, 0.5) is 4.79 Å². The van der Waals surface area contributed by atoms with Gasteiger partial charge in [-0.15, -0.1) is 6.58 Å². The maximum absolute atomic E-state index is 12.9. The Morgan fingerprint density at radius 1 is 1.16 bits per heavy atom. The number of ether oxygens (including phenoxy) is 2. The summed E-state index contributed by atoms with van der Waals surface area (Å²) in [5, 5.41) is 7.20. The summed E-state index contributed by atoms with van der Waals surface area (Å²) in [6, 6.07) is 14.3. The zero-order valence-corrected chi connectivity index (χ0v) is 18.2. The Morgan fingerprint density at radius 2 is 1.91 bits per heavy atom. The predicted octanol–water partition coefficient (Wildman–Crippen LogP) is 4.44. The monoisotopic (exact) mass is 432 g/mol. The maximum atomic E-state index is 12.9. The van der Waals surface area contributed by atoms with E-state index in [9.17, 15) is 4.79 Å². The first-order valence-corrected chi connectivity index (χ1v) is 10.1. The van der Waals surface area contributed by atoms with E-state index in [1.54, 1.807) is 31.3 Å². The van der Waals surface area contributed by atoms with E-state index in [0.29, 0.717) is 41.0 Å². The number of hydrogen-bond donors (Lipinski definition) is 1. The molecule has 0 spiro atoms. The Labute approximate surface area is 186 Å². The van der Waals surface area contributed by atoms with E-state index < -0.39 is 6.04 Å². The fraction of sp³-hybridized carbons (Fsp3) is 0.208. The summed E-state index contributed by atoms with van der Waals surface area (Å²) in [5.74, 6) is 1.95. The molecule has 1 atom stereocenters. The molecule has 1 unspecified atom stereocenters. The maximum Gasteiger partial charge on any atom is 0.322 e. The first kappa shape index (κ1) is 21.2. The molecule has 32 heavy (non-hydrogen) atoms. The van der Waals surface area contributed by atoms with Crippen LogP contribution in [-0.2, 0) is 0 Å². The highest BCUT2D eigenvalue weighted by Crippen LogP contribution is 2.39. The number of carbonyl (C=O) groups is 1. The second-order valence-electron chi connectivity index (χ2n) is 7.18. The molecule has 0 fully saturated rings. The first-order chi connectivity index (χ1) is 15.6. The Bertz CT molecular complexity index is 1170. The summed E-state index contributed by atoms with van der Waals surface area (Å²) in [5.41, 5.74) is 3.04. The van der Waals surface area contributed by atoms with Crippen molar-refractivity contribution >= 4 is 11.6 Å². The molecule has 1 N–H and O–H groups in total. The van der Waals surface area contributed by atoms with E-state index in [-0.39, 0.29) is 6.03 Å². The summed E-state index contributed by atoms with van der Waals surface area (Å²) in [7, 11) is 3.14. The molecule has 2 heterocycles. The van der Waals surface area contributed by atoms with Gasteiger partial charge in [-0.2, -0.15) is 4.98 Å². The van der Waals surface area contributed by atoms with Crippen LogP contribution in [0.1, 0.15) is 24.4 Å². The molecule has 2 amide bonds. The average Bonchev–Trinajstić information content (AvgIpc) is 3.31. The van der Waals surface area contributed by atoms with E-state index in [2.05, 4.69) is 22.0 Å². The van der Waals surface area contributed by atoms with E-state index in [0.717, 1.165) is 11.1 Å². The van der Waals surface area contributed by atoms with Crippen LogP contribution in [0.3, 0.4) is 0 Å². The van der Waals surface area contributed by atoms with Crippen molar-refractivity contribution < 1.29 is 18.8 Å². The second kappa shape index (κ2) is 8.97. The van der Waals surface area contributed by atoms with Crippen LogP contribution in [0.15, 0.2) is 71.4 Å². The number of allylic oxidation sites excluding steroid dienone is 1. The Hall–Kier alpha value is -4.07. The lowest BCUT2D eigenvalue weighted by molar-refractivity contribution is 0.209. The minimum absolute atomic E-state index is 0.242. The zero-order valence-electron chi connectivity index (χ0n) is 18.2. The molecule has 1 aromatic heterocycles. The highest BCUT2D eigenvalue weighted by Gasteiger charge is 2.35. The van der Waals surface area contributed by atoms with Crippen molar-refractivity contribution in [1.82, 2.24) is 20.4 Å². The van der Waals surface area contributed by atoms with Crippen molar-refractivity contribution in [3.8, 4) is 22.9 Å². The Balaban J connectivity index is 1.83. The molecule has 1 aliphatic heterocycles. The number of carbonyl (C=O) groups excluding carboxylic acids is 1. The van der Waals surface area contributed by atoms with Gasteiger partial charge in [-0.05, 0) is 24.6 Å². The first-order valence-electron chi connectivity index (χ1n) is 10.1. The highest BCUT2D eigenvalue weighted by atomic mass is 16.5. The van der Waals surface area contributed by atoms with Crippen molar-refractivity contribution in [2.24, 2.45) is 0 Å². The van der Waals surface area contributed by atoms with Gasteiger partial charge in [0.15, 0.2) is 11.5 Å². The van der Waals surface area contributed by atoms with Gasteiger partial charge in [-0.1, -0.05) is 47.6 Å². The summed E-state index contributed by atoms with van der Waals surface area (Å²) >= 11 is 0. The molecular weight excluding hydrogens is 408 g/mol.